The molecule has 0 saturated heterocycles. The van der Waals surface area contributed by atoms with Gasteiger partial charge < -0.3 is 14.6 Å². The first kappa shape index (κ1) is 26.8. The van der Waals surface area contributed by atoms with E-state index in [0.717, 1.165) is 15.8 Å². The first-order valence-corrected chi connectivity index (χ1v) is 12.0. The third-order valence-electron chi connectivity index (χ3n) is 5.99. The number of aromatic hydroxyl groups is 1. The fraction of sp³-hybridized carbons (Fsp3) is 0.172. The summed E-state index contributed by atoms with van der Waals surface area (Å²) in [6, 6.07) is 23.6. The summed E-state index contributed by atoms with van der Waals surface area (Å²) in [4.78, 5) is 13.3. The van der Waals surface area contributed by atoms with E-state index < -0.39 is 11.4 Å². The molecule has 0 spiro atoms. The SMILES string of the molecule is COc1ccc(CCn2c(O)c(C#N)c(C)c(N=Nc3ccc(N=Nc4ccccc4)cc3)c2=O)cc1OC. The van der Waals surface area contributed by atoms with Gasteiger partial charge in [-0.3, -0.25) is 9.36 Å². The second-order valence-electron chi connectivity index (χ2n) is 8.43. The number of ether oxygens (including phenoxy) is 2. The van der Waals surface area contributed by atoms with E-state index in [1.165, 1.54) is 7.11 Å². The molecule has 39 heavy (non-hydrogen) atoms. The highest BCUT2D eigenvalue weighted by atomic mass is 16.5. The lowest BCUT2D eigenvalue weighted by molar-refractivity contribution is 0.354. The summed E-state index contributed by atoms with van der Waals surface area (Å²) in [5.41, 5.74) is 2.34. The van der Waals surface area contributed by atoms with Crippen molar-refractivity contribution in [3.05, 3.63) is 99.8 Å². The van der Waals surface area contributed by atoms with Gasteiger partial charge in [-0.25, -0.2) is 0 Å². The number of azo groups is 2. The summed E-state index contributed by atoms with van der Waals surface area (Å²) in [6.45, 7) is 1.67. The minimum Gasteiger partial charge on any atom is -0.493 e. The Labute approximate surface area is 225 Å². The molecular formula is C29H26N6O4. The van der Waals surface area contributed by atoms with Crippen molar-refractivity contribution >= 4 is 22.7 Å². The lowest BCUT2D eigenvalue weighted by atomic mass is 10.1. The predicted octanol–water partition coefficient (Wildman–Crippen LogP) is 6.82. The monoisotopic (exact) mass is 522 g/mol. The van der Waals surface area contributed by atoms with Crippen molar-refractivity contribution < 1.29 is 14.6 Å². The van der Waals surface area contributed by atoms with E-state index in [4.69, 9.17) is 9.47 Å². The number of pyridine rings is 1. The number of nitriles is 1. The van der Waals surface area contributed by atoms with Crippen LogP contribution in [0.1, 0.15) is 16.7 Å². The van der Waals surface area contributed by atoms with Crippen LogP contribution in [-0.4, -0.2) is 23.9 Å². The molecule has 0 atom stereocenters. The Morgan fingerprint density at radius 3 is 2.03 bits per heavy atom. The molecular weight excluding hydrogens is 496 g/mol. The van der Waals surface area contributed by atoms with E-state index in [9.17, 15) is 15.2 Å². The zero-order valence-corrected chi connectivity index (χ0v) is 21.7. The number of nitrogens with zero attached hydrogens (tertiary/aromatic N) is 6. The van der Waals surface area contributed by atoms with Gasteiger partial charge in [-0.2, -0.15) is 20.6 Å². The Balaban J connectivity index is 1.58. The van der Waals surface area contributed by atoms with Crippen molar-refractivity contribution in [3.8, 4) is 23.4 Å². The van der Waals surface area contributed by atoms with Crippen LogP contribution in [0.2, 0.25) is 0 Å². The quantitative estimate of drug-likeness (QED) is 0.241. The number of aromatic nitrogens is 1. The van der Waals surface area contributed by atoms with Gasteiger partial charge in [0.15, 0.2) is 17.2 Å². The number of aryl methyl sites for hydroxylation is 1. The summed E-state index contributed by atoms with van der Waals surface area (Å²) in [5, 5.41) is 37.0. The predicted molar refractivity (Wildman–Crippen MR) is 146 cm³/mol. The Bertz CT molecular complexity index is 1620. The van der Waals surface area contributed by atoms with Gasteiger partial charge in [0.05, 0.1) is 31.3 Å². The van der Waals surface area contributed by atoms with Gasteiger partial charge in [0, 0.05) is 12.1 Å². The maximum atomic E-state index is 13.3. The topological polar surface area (TPSA) is 134 Å². The smallest absolute Gasteiger partial charge is 0.281 e. The summed E-state index contributed by atoms with van der Waals surface area (Å²) >= 11 is 0. The number of methoxy groups -OCH3 is 2. The molecule has 4 aromatic rings. The number of hydrogen-bond donors (Lipinski definition) is 1. The Kier molecular flexibility index (Phi) is 8.43. The highest BCUT2D eigenvalue weighted by Gasteiger charge is 2.19. The van der Waals surface area contributed by atoms with Crippen LogP contribution >= 0.6 is 0 Å². The molecule has 10 heteroatoms. The maximum absolute atomic E-state index is 13.3. The minimum absolute atomic E-state index is 0.0236. The van der Waals surface area contributed by atoms with Crippen LogP contribution in [0, 0.1) is 18.3 Å². The molecule has 196 valence electrons. The van der Waals surface area contributed by atoms with Crippen molar-refractivity contribution in [1.29, 1.82) is 5.26 Å². The van der Waals surface area contributed by atoms with Gasteiger partial charge in [-0.1, -0.05) is 24.3 Å². The van der Waals surface area contributed by atoms with Crippen LogP contribution in [0.15, 0.2) is 98.0 Å². The largest absolute Gasteiger partial charge is 0.493 e. The van der Waals surface area contributed by atoms with Crippen molar-refractivity contribution in [2.75, 3.05) is 14.2 Å². The minimum atomic E-state index is -0.554. The average molecular weight is 523 g/mol. The molecule has 1 N–H and O–H groups in total. The first-order valence-electron chi connectivity index (χ1n) is 12.0. The molecule has 0 aliphatic carbocycles. The molecule has 4 rings (SSSR count). The van der Waals surface area contributed by atoms with Crippen LogP contribution < -0.4 is 15.0 Å². The van der Waals surface area contributed by atoms with Gasteiger partial charge in [-0.15, -0.1) is 5.11 Å². The van der Waals surface area contributed by atoms with Crippen molar-refractivity contribution in [1.82, 2.24) is 4.57 Å². The molecule has 0 aliphatic rings. The molecule has 1 heterocycles. The highest BCUT2D eigenvalue weighted by molar-refractivity contribution is 5.57. The number of rotatable bonds is 9. The summed E-state index contributed by atoms with van der Waals surface area (Å²) in [6.07, 6.45) is 0.386. The first-order chi connectivity index (χ1) is 18.9. The average Bonchev–Trinajstić information content (AvgIpc) is 2.97. The van der Waals surface area contributed by atoms with Crippen molar-refractivity contribution in [2.45, 2.75) is 19.9 Å². The van der Waals surface area contributed by atoms with E-state index in [1.54, 1.807) is 50.4 Å². The lowest BCUT2D eigenvalue weighted by Gasteiger charge is -2.14. The van der Waals surface area contributed by atoms with Crippen molar-refractivity contribution in [2.24, 2.45) is 20.5 Å². The Morgan fingerprint density at radius 2 is 1.44 bits per heavy atom. The number of hydrogen-bond acceptors (Lipinski definition) is 9. The van der Waals surface area contributed by atoms with Gasteiger partial charge in [0.2, 0.25) is 5.88 Å². The van der Waals surface area contributed by atoms with Gasteiger partial charge in [-0.05, 0) is 67.4 Å². The number of benzene rings is 3. The van der Waals surface area contributed by atoms with E-state index in [-0.39, 0.29) is 23.4 Å². The zero-order valence-electron chi connectivity index (χ0n) is 21.7. The molecule has 0 unspecified atom stereocenters. The molecule has 0 saturated carbocycles. The molecule has 0 radical (unpaired) electrons. The van der Waals surface area contributed by atoms with E-state index >= 15 is 0 Å². The second-order valence-corrected chi connectivity index (χ2v) is 8.43. The molecule has 10 nitrogen and oxygen atoms in total. The third-order valence-corrected chi connectivity index (χ3v) is 5.99. The van der Waals surface area contributed by atoms with E-state index in [2.05, 4.69) is 20.5 Å². The molecule has 1 aromatic heterocycles. The highest BCUT2D eigenvalue weighted by Crippen LogP contribution is 2.30. The maximum Gasteiger partial charge on any atom is 0.281 e. The van der Waals surface area contributed by atoms with Gasteiger partial charge in [0.1, 0.15) is 11.6 Å². The van der Waals surface area contributed by atoms with E-state index in [0.29, 0.717) is 29.3 Å². The van der Waals surface area contributed by atoms with Gasteiger partial charge >= 0.3 is 0 Å². The molecule has 0 amide bonds. The lowest BCUT2D eigenvalue weighted by Crippen LogP contribution is -2.23. The van der Waals surface area contributed by atoms with Crippen LogP contribution in [0.25, 0.3) is 0 Å². The molecule has 0 fully saturated rings. The Morgan fingerprint density at radius 1 is 0.846 bits per heavy atom. The summed E-state index contributed by atoms with van der Waals surface area (Å²) in [7, 11) is 3.09. The normalized spacial score (nSPS) is 11.1. The molecule has 0 bridgehead atoms. The zero-order chi connectivity index (χ0) is 27.8. The fourth-order valence-corrected chi connectivity index (χ4v) is 3.85. The van der Waals surface area contributed by atoms with Crippen LogP contribution in [0.4, 0.5) is 22.7 Å². The third kappa shape index (κ3) is 6.17. The van der Waals surface area contributed by atoms with Crippen LogP contribution in [0.5, 0.6) is 17.4 Å². The van der Waals surface area contributed by atoms with Crippen molar-refractivity contribution in [3.63, 3.8) is 0 Å². The van der Waals surface area contributed by atoms with Crippen LogP contribution in [-0.2, 0) is 13.0 Å². The van der Waals surface area contributed by atoms with Gasteiger partial charge in [0.25, 0.3) is 5.56 Å². The second kappa shape index (κ2) is 12.3. The fourth-order valence-electron chi connectivity index (χ4n) is 3.85. The summed E-state index contributed by atoms with van der Waals surface area (Å²) < 4.78 is 11.7. The standard InChI is InChI=1S/C29H26N6O4/c1-19-24(18-30)28(36)35(16-15-20-9-14-25(38-2)26(17-20)39-3)29(37)27(19)34-33-23-12-10-22(11-13-23)32-31-21-7-5-4-6-8-21/h4-14,17,36H,15-16H2,1-3H3. The molecule has 0 aliphatic heterocycles. The van der Waals surface area contributed by atoms with E-state index in [1.807, 2.05) is 42.5 Å². The van der Waals surface area contributed by atoms with Crippen LogP contribution in [0.3, 0.4) is 0 Å². The molecule has 3 aromatic carbocycles. The summed E-state index contributed by atoms with van der Waals surface area (Å²) in [5.74, 6) is 0.723. The Hall–Kier alpha value is -5.30.